The van der Waals surface area contributed by atoms with E-state index < -0.39 is 0 Å². The number of aldehydes is 1. The quantitative estimate of drug-likeness (QED) is 0.459. The number of carbonyl (C=O) groups excluding carboxylic acids is 1. The van der Waals surface area contributed by atoms with E-state index in [2.05, 4.69) is 6.92 Å². The van der Waals surface area contributed by atoms with Crippen LogP contribution in [0.15, 0.2) is 12.2 Å². The summed E-state index contributed by atoms with van der Waals surface area (Å²) in [6.45, 7) is 2.36. The molecule has 0 amide bonds. The second-order valence-corrected chi connectivity index (χ2v) is 7.11. The van der Waals surface area contributed by atoms with Gasteiger partial charge in [0.2, 0.25) is 0 Å². The van der Waals surface area contributed by atoms with Gasteiger partial charge in [-0.3, -0.25) is 4.79 Å². The number of hydrogen-bond acceptors (Lipinski definition) is 1. The Kier molecular flexibility index (Phi) is 6.82. The minimum Gasteiger partial charge on any atom is -0.299 e. The van der Waals surface area contributed by atoms with Crippen molar-refractivity contribution in [3.63, 3.8) is 0 Å². The van der Waals surface area contributed by atoms with Gasteiger partial charge in [-0.25, -0.2) is 0 Å². The molecule has 0 aromatic rings. The van der Waals surface area contributed by atoms with Gasteiger partial charge in [0, 0.05) is 0 Å². The third-order valence-corrected chi connectivity index (χ3v) is 5.98. The van der Waals surface area contributed by atoms with Crippen molar-refractivity contribution in [3.8, 4) is 0 Å². The van der Waals surface area contributed by atoms with Crippen molar-refractivity contribution in [3.05, 3.63) is 12.2 Å². The molecule has 0 aromatic heterocycles. The monoisotopic (exact) mass is 276 g/mol. The molecule has 0 bridgehead atoms. The number of carbonyl (C=O) groups is 1. The van der Waals surface area contributed by atoms with Gasteiger partial charge in [0.1, 0.15) is 6.29 Å². The lowest BCUT2D eigenvalue weighted by Crippen LogP contribution is -2.25. The Bertz CT molecular complexity index is 291. The molecule has 0 atom stereocenters. The van der Waals surface area contributed by atoms with E-state index in [0.717, 1.165) is 36.4 Å². The van der Waals surface area contributed by atoms with Crippen molar-refractivity contribution < 1.29 is 4.79 Å². The summed E-state index contributed by atoms with van der Waals surface area (Å²) >= 11 is 0. The van der Waals surface area contributed by atoms with Crippen molar-refractivity contribution in [2.45, 2.75) is 77.6 Å². The molecule has 0 spiro atoms. The van der Waals surface area contributed by atoms with Crippen molar-refractivity contribution in [1.82, 2.24) is 0 Å². The third-order valence-electron chi connectivity index (χ3n) is 5.98. The highest BCUT2D eigenvalue weighted by molar-refractivity contribution is 5.64. The van der Waals surface area contributed by atoms with Crippen LogP contribution in [-0.4, -0.2) is 6.29 Å². The van der Waals surface area contributed by atoms with Gasteiger partial charge in [0.25, 0.3) is 0 Å². The third kappa shape index (κ3) is 4.75. The first-order chi connectivity index (χ1) is 9.83. The van der Waals surface area contributed by atoms with Crippen molar-refractivity contribution in [1.29, 1.82) is 0 Å². The molecule has 2 aliphatic rings. The van der Waals surface area contributed by atoms with Gasteiger partial charge in [-0.1, -0.05) is 45.1 Å². The summed E-state index contributed by atoms with van der Waals surface area (Å²) in [5.74, 6) is 4.05. The zero-order valence-corrected chi connectivity index (χ0v) is 13.2. The van der Waals surface area contributed by atoms with Gasteiger partial charge in [-0.05, 0) is 68.3 Å². The zero-order chi connectivity index (χ0) is 14.2. The van der Waals surface area contributed by atoms with Crippen LogP contribution in [0.4, 0.5) is 0 Å². The van der Waals surface area contributed by atoms with Crippen LogP contribution in [0.5, 0.6) is 0 Å². The van der Waals surface area contributed by atoms with Crippen LogP contribution in [0.2, 0.25) is 0 Å². The first-order valence-corrected chi connectivity index (χ1v) is 8.93. The molecule has 0 aliphatic heterocycles. The summed E-state index contributed by atoms with van der Waals surface area (Å²) in [6.07, 6.45) is 20.2. The van der Waals surface area contributed by atoms with Crippen LogP contribution in [0.1, 0.15) is 77.6 Å². The van der Waals surface area contributed by atoms with Crippen LogP contribution in [-0.2, 0) is 4.79 Å². The second-order valence-electron chi connectivity index (χ2n) is 7.11. The average molecular weight is 276 g/mol. The summed E-state index contributed by atoms with van der Waals surface area (Å²) < 4.78 is 0. The Balaban J connectivity index is 1.64. The van der Waals surface area contributed by atoms with Crippen LogP contribution < -0.4 is 0 Å². The van der Waals surface area contributed by atoms with Crippen LogP contribution >= 0.6 is 0 Å². The Morgan fingerprint density at radius 1 is 0.850 bits per heavy atom. The molecule has 2 saturated carbocycles. The fourth-order valence-electron chi connectivity index (χ4n) is 4.50. The van der Waals surface area contributed by atoms with Gasteiger partial charge < -0.3 is 0 Å². The second kappa shape index (κ2) is 8.64. The first-order valence-electron chi connectivity index (χ1n) is 8.93. The maximum absolute atomic E-state index is 10.2. The van der Waals surface area contributed by atoms with Gasteiger partial charge in [0.05, 0.1) is 0 Å². The maximum Gasteiger partial charge on any atom is 0.142 e. The molecule has 114 valence electrons. The Labute approximate surface area is 125 Å². The molecule has 2 rings (SSSR count). The zero-order valence-electron chi connectivity index (χ0n) is 13.2. The van der Waals surface area contributed by atoms with Gasteiger partial charge in [-0.2, -0.15) is 0 Å². The topological polar surface area (TPSA) is 17.1 Å². The molecule has 0 saturated heterocycles. The van der Waals surface area contributed by atoms with Gasteiger partial charge in [-0.15, -0.1) is 0 Å². The molecule has 0 heterocycles. The summed E-state index contributed by atoms with van der Waals surface area (Å²) in [6, 6.07) is 0. The van der Waals surface area contributed by atoms with Crippen molar-refractivity contribution >= 4 is 6.29 Å². The van der Waals surface area contributed by atoms with E-state index in [9.17, 15) is 4.79 Å². The van der Waals surface area contributed by atoms with E-state index in [-0.39, 0.29) is 0 Å². The largest absolute Gasteiger partial charge is 0.299 e. The van der Waals surface area contributed by atoms with E-state index in [1.807, 2.05) is 6.08 Å². The summed E-state index contributed by atoms with van der Waals surface area (Å²) in [7, 11) is 0. The molecular formula is C19H32O. The molecule has 0 N–H and O–H groups in total. The van der Waals surface area contributed by atoms with E-state index in [0.29, 0.717) is 0 Å². The summed E-state index contributed by atoms with van der Waals surface area (Å²) in [5, 5.41) is 0. The predicted octanol–water partition coefficient (Wildman–Crippen LogP) is 5.54. The number of hydrogen-bond donors (Lipinski definition) is 0. The van der Waals surface area contributed by atoms with Crippen LogP contribution in [0.25, 0.3) is 0 Å². The highest BCUT2D eigenvalue weighted by Crippen LogP contribution is 2.42. The minimum atomic E-state index is 0.892. The molecule has 2 aliphatic carbocycles. The standard InChI is InChI=1S/C19H32O/c1-2-16-7-11-18(12-8-16)19-13-9-17(10-14-19)6-4-3-5-15-20/h3,5,15-19H,2,4,6-14H2,1H3. The Morgan fingerprint density at radius 2 is 1.40 bits per heavy atom. The lowest BCUT2D eigenvalue weighted by Gasteiger charge is -2.37. The van der Waals surface area contributed by atoms with Gasteiger partial charge in [0.15, 0.2) is 0 Å². The average Bonchev–Trinajstić information content (AvgIpc) is 2.52. The minimum absolute atomic E-state index is 0.892. The first kappa shape index (κ1) is 15.8. The van der Waals surface area contributed by atoms with E-state index in [4.69, 9.17) is 0 Å². The number of allylic oxidation sites excluding steroid dienone is 2. The molecule has 20 heavy (non-hydrogen) atoms. The lowest BCUT2D eigenvalue weighted by atomic mass is 9.68. The summed E-state index contributed by atoms with van der Waals surface area (Å²) in [4.78, 5) is 10.2. The lowest BCUT2D eigenvalue weighted by molar-refractivity contribution is -0.104. The maximum atomic E-state index is 10.2. The van der Waals surface area contributed by atoms with Crippen molar-refractivity contribution in [2.75, 3.05) is 0 Å². The molecule has 0 radical (unpaired) electrons. The SMILES string of the molecule is CCC1CCC(C2CCC(CCC=CC=O)CC2)CC1. The Hall–Kier alpha value is -0.590. The normalized spacial score (nSPS) is 35.2. The Morgan fingerprint density at radius 3 is 1.90 bits per heavy atom. The molecule has 1 nitrogen and oxygen atoms in total. The molecule has 1 heteroatoms. The molecular weight excluding hydrogens is 244 g/mol. The number of rotatable bonds is 6. The smallest absolute Gasteiger partial charge is 0.142 e. The highest BCUT2D eigenvalue weighted by Gasteiger charge is 2.30. The predicted molar refractivity (Wildman–Crippen MR) is 85.6 cm³/mol. The summed E-state index contributed by atoms with van der Waals surface area (Å²) in [5.41, 5.74) is 0. The molecule has 0 unspecified atom stereocenters. The highest BCUT2D eigenvalue weighted by atomic mass is 16.1. The van der Waals surface area contributed by atoms with E-state index in [1.165, 1.54) is 64.2 Å². The van der Waals surface area contributed by atoms with Gasteiger partial charge >= 0.3 is 0 Å². The fourth-order valence-corrected chi connectivity index (χ4v) is 4.50. The fraction of sp³-hybridized carbons (Fsp3) is 0.842. The van der Waals surface area contributed by atoms with Crippen LogP contribution in [0, 0.1) is 23.7 Å². The molecule has 0 aromatic carbocycles. The van der Waals surface area contributed by atoms with E-state index in [1.54, 1.807) is 6.08 Å². The van der Waals surface area contributed by atoms with Crippen molar-refractivity contribution in [2.24, 2.45) is 23.7 Å². The molecule has 2 fully saturated rings. The van der Waals surface area contributed by atoms with E-state index >= 15 is 0 Å². The van der Waals surface area contributed by atoms with Crippen LogP contribution in [0.3, 0.4) is 0 Å².